The number of ether oxygens (including phenoxy) is 3. The van der Waals surface area contributed by atoms with E-state index in [0.29, 0.717) is 42.4 Å². The summed E-state index contributed by atoms with van der Waals surface area (Å²) in [6.07, 6.45) is 5.05. The number of carboxylic acids is 1. The maximum absolute atomic E-state index is 13.4. The van der Waals surface area contributed by atoms with Crippen molar-refractivity contribution in [3.05, 3.63) is 17.7 Å². The van der Waals surface area contributed by atoms with Crippen LogP contribution in [-0.4, -0.2) is 94.1 Å². The Morgan fingerprint density at radius 3 is 2.45 bits per heavy atom. The fourth-order valence-corrected chi connectivity index (χ4v) is 5.77. The number of rotatable bonds is 15. The predicted octanol–water partition coefficient (Wildman–Crippen LogP) is 2.26. The van der Waals surface area contributed by atoms with Gasteiger partial charge in [-0.1, -0.05) is 26.7 Å². The normalized spacial score (nSPS) is 21.0. The first-order chi connectivity index (χ1) is 18.1. The van der Waals surface area contributed by atoms with Crippen LogP contribution in [0.3, 0.4) is 0 Å². The van der Waals surface area contributed by atoms with Gasteiger partial charge in [0.2, 0.25) is 28.5 Å². The van der Waals surface area contributed by atoms with Gasteiger partial charge in [0.05, 0.1) is 25.8 Å². The molecule has 2 N–H and O–H groups in total. The number of benzene rings is 1. The average molecular weight is 556 g/mol. The van der Waals surface area contributed by atoms with Gasteiger partial charge in [-0.3, -0.25) is 14.5 Å². The summed E-state index contributed by atoms with van der Waals surface area (Å²) in [4.78, 5) is 29.8. The van der Waals surface area contributed by atoms with Gasteiger partial charge in [0.1, 0.15) is 0 Å². The summed E-state index contributed by atoms with van der Waals surface area (Å²) in [7, 11) is -1.94. The van der Waals surface area contributed by atoms with Crippen molar-refractivity contribution in [3.63, 3.8) is 0 Å². The van der Waals surface area contributed by atoms with Gasteiger partial charge in [0, 0.05) is 38.1 Å². The van der Waals surface area contributed by atoms with Gasteiger partial charge in [-0.25, -0.2) is 13.1 Å². The number of nitrogens with one attached hydrogen (secondary N) is 1. The molecular weight excluding hydrogens is 514 g/mol. The number of carbonyl (C=O) groups is 2. The van der Waals surface area contributed by atoms with Gasteiger partial charge in [0.15, 0.2) is 11.5 Å². The molecule has 214 valence electrons. The Kier molecular flexibility index (Phi) is 10.6. The number of hydrogen-bond donors (Lipinski definition) is 2. The number of sulfonamides is 1. The Hall–Kier alpha value is -2.57. The van der Waals surface area contributed by atoms with E-state index in [0.717, 1.165) is 31.9 Å². The number of carboxylic acid groups (broad SMARTS) is 1. The lowest BCUT2D eigenvalue weighted by molar-refractivity contribution is -0.143. The van der Waals surface area contributed by atoms with Crippen LogP contribution >= 0.6 is 0 Å². The van der Waals surface area contributed by atoms with Crippen LogP contribution in [0.4, 0.5) is 0 Å². The molecule has 0 radical (unpaired) electrons. The van der Waals surface area contributed by atoms with Gasteiger partial charge < -0.3 is 24.2 Å². The molecule has 0 bridgehead atoms. The van der Waals surface area contributed by atoms with Crippen molar-refractivity contribution in [2.75, 3.05) is 52.9 Å². The lowest BCUT2D eigenvalue weighted by atomic mass is 9.84. The van der Waals surface area contributed by atoms with E-state index in [1.807, 2.05) is 9.80 Å². The van der Waals surface area contributed by atoms with E-state index in [1.54, 1.807) is 12.1 Å². The van der Waals surface area contributed by atoms with Gasteiger partial charge in [-0.15, -0.1) is 0 Å². The number of amides is 1. The van der Waals surface area contributed by atoms with E-state index >= 15 is 0 Å². The molecule has 1 aromatic rings. The van der Waals surface area contributed by atoms with Crippen LogP contribution < -0.4 is 18.9 Å². The standard InChI is InChI=1S/C26H41N3O8S/c1-5-7-11-28(12-8-6-2)23(30)16-29-15-19(18-13-21(35-3)25-22(14-18)36-17-37-25)24(26(31)32)20(29)9-10-27-38(4,33)34/h13-14,19-20,24,27H,5-12,15-17H2,1-4H3,(H,31,32)/t19-,20+,24?/m1/s1. The summed E-state index contributed by atoms with van der Waals surface area (Å²) >= 11 is 0. The largest absolute Gasteiger partial charge is 0.493 e. The summed E-state index contributed by atoms with van der Waals surface area (Å²) < 4.78 is 42.4. The van der Waals surface area contributed by atoms with Crippen LogP contribution in [0.15, 0.2) is 12.1 Å². The van der Waals surface area contributed by atoms with Crippen molar-refractivity contribution in [2.24, 2.45) is 5.92 Å². The Morgan fingerprint density at radius 1 is 1.18 bits per heavy atom. The number of aliphatic carboxylic acids is 1. The highest BCUT2D eigenvalue weighted by molar-refractivity contribution is 7.88. The Bertz CT molecular complexity index is 1070. The minimum atomic E-state index is -3.45. The Labute approximate surface area is 225 Å². The van der Waals surface area contributed by atoms with E-state index in [1.165, 1.54) is 7.11 Å². The molecule has 1 aromatic carbocycles. The predicted molar refractivity (Wildman–Crippen MR) is 142 cm³/mol. The summed E-state index contributed by atoms with van der Waals surface area (Å²) in [5, 5.41) is 10.3. The first-order valence-electron chi connectivity index (χ1n) is 13.3. The van der Waals surface area contributed by atoms with Crippen LogP contribution in [0.25, 0.3) is 0 Å². The fourth-order valence-electron chi connectivity index (χ4n) is 5.28. The Balaban J connectivity index is 1.92. The van der Waals surface area contributed by atoms with E-state index in [-0.39, 0.29) is 32.2 Å². The maximum atomic E-state index is 13.4. The number of hydrogen-bond acceptors (Lipinski definition) is 8. The third-order valence-corrected chi connectivity index (χ3v) is 7.93. The fraction of sp³-hybridized carbons (Fsp3) is 0.692. The third-order valence-electron chi connectivity index (χ3n) is 7.20. The highest BCUT2D eigenvalue weighted by atomic mass is 32.2. The van der Waals surface area contributed by atoms with Crippen LogP contribution in [0.5, 0.6) is 17.2 Å². The molecule has 12 heteroatoms. The lowest BCUT2D eigenvalue weighted by Crippen LogP contribution is -2.45. The molecule has 2 aliphatic heterocycles. The number of unbranched alkanes of at least 4 members (excludes halogenated alkanes) is 2. The lowest BCUT2D eigenvalue weighted by Gasteiger charge is -2.29. The molecule has 1 unspecified atom stereocenters. The van der Waals surface area contributed by atoms with Crippen molar-refractivity contribution in [1.29, 1.82) is 0 Å². The number of fused-ring (bicyclic) bond motifs is 1. The number of carbonyl (C=O) groups excluding carboxylic acids is 1. The van der Waals surface area contributed by atoms with Gasteiger partial charge in [-0.05, 0) is 37.0 Å². The van der Waals surface area contributed by atoms with Crippen LogP contribution in [0.2, 0.25) is 0 Å². The molecule has 0 spiro atoms. The minimum absolute atomic E-state index is 0.0407. The molecule has 11 nitrogen and oxygen atoms in total. The molecule has 0 aromatic heterocycles. The van der Waals surface area contributed by atoms with Crippen molar-refractivity contribution in [3.8, 4) is 17.2 Å². The summed E-state index contributed by atoms with van der Waals surface area (Å²) in [5.41, 5.74) is 0.711. The van der Waals surface area contributed by atoms with Crippen LogP contribution in [0.1, 0.15) is 57.4 Å². The smallest absolute Gasteiger partial charge is 0.308 e. The quantitative estimate of drug-likeness (QED) is 0.334. The molecule has 2 aliphatic rings. The third kappa shape index (κ3) is 7.51. The molecule has 3 atom stereocenters. The molecule has 38 heavy (non-hydrogen) atoms. The highest BCUT2D eigenvalue weighted by Crippen LogP contribution is 2.47. The first kappa shape index (κ1) is 30.0. The van der Waals surface area contributed by atoms with Crippen LogP contribution in [-0.2, 0) is 19.6 Å². The monoisotopic (exact) mass is 555 g/mol. The molecule has 1 saturated heterocycles. The molecule has 1 fully saturated rings. The van der Waals surface area contributed by atoms with Gasteiger partial charge in [0.25, 0.3) is 0 Å². The summed E-state index contributed by atoms with van der Waals surface area (Å²) in [6, 6.07) is 2.99. The zero-order valence-electron chi connectivity index (χ0n) is 22.8. The molecule has 3 rings (SSSR count). The zero-order chi connectivity index (χ0) is 27.9. The SMILES string of the molecule is CCCCN(CCCC)C(=O)CN1C[C@H](c2cc(OC)c3c(c2)OCO3)C(C(=O)O)[C@@H]1CCNS(C)(=O)=O. The molecule has 2 heterocycles. The molecule has 0 saturated carbocycles. The van der Waals surface area contributed by atoms with Crippen molar-refractivity contribution < 1.29 is 37.3 Å². The molecule has 0 aliphatic carbocycles. The second-order valence-corrected chi connectivity index (χ2v) is 11.8. The second kappa shape index (κ2) is 13.5. The van der Waals surface area contributed by atoms with Gasteiger partial charge in [-0.2, -0.15) is 0 Å². The van der Waals surface area contributed by atoms with Crippen molar-refractivity contribution >= 4 is 21.9 Å². The number of likely N-dealkylation sites (tertiary alicyclic amines) is 1. The number of methoxy groups -OCH3 is 1. The zero-order valence-corrected chi connectivity index (χ0v) is 23.6. The topological polar surface area (TPSA) is 135 Å². The van der Waals surface area contributed by atoms with E-state index < -0.39 is 33.9 Å². The van der Waals surface area contributed by atoms with Crippen molar-refractivity contribution in [2.45, 2.75) is 57.9 Å². The molecular formula is C26H41N3O8S. The van der Waals surface area contributed by atoms with Crippen LogP contribution in [0, 0.1) is 5.92 Å². The Morgan fingerprint density at radius 2 is 1.87 bits per heavy atom. The van der Waals surface area contributed by atoms with E-state index in [9.17, 15) is 23.1 Å². The average Bonchev–Trinajstić information content (AvgIpc) is 3.47. The van der Waals surface area contributed by atoms with E-state index in [2.05, 4.69) is 18.6 Å². The van der Waals surface area contributed by atoms with Gasteiger partial charge >= 0.3 is 5.97 Å². The van der Waals surface area contributed by atoms with Crippen molar-refractivity contribution in [1.82, 2.24) is 14.5 Å². The minimum Gasteiger partial charge on any atom is -0.493 e. The number of nitrogens with zero attached hydrogens (tertiary/aromatic N) is 2. The van der Waals surface area contributed by atoms with E-state index in [4.69, 9.17) is 14.2 Å². The highest BCUT2D eigenvalue weighted by Gasteiger charge is 2.47. The molecule has 1 amide bonds. The summed E-state index contributed by atoms with van der Waals surface area (Å²) in [5.74, 6) is -0.959. The second-order valence-electron chi connectivity index (χ2n) is 9.97. The summed E-state index contributed by atoms with van der Waals surface area (Å²) in [6.45, 7) is 6.00. The first-order valence-corrected chi connectivity index (χ1v) is 15.2. The maximum Gasteiger partial charge on any atom is 0.308 e.